The van der Waals surface area contributed by atoms with Crippen LogP contribution in [0.4, 0.5) is 0 Å². The Labute approximate surface area is 153 Å². The highest BCUT2D eigenvalue weighted by molar-refractivity contribution is 5.96. The van der Waals surface area contributed by atoms with Crippen molar-refractivity contribution in [2.45, 2.75) is 13.8 Å². The van der Waals surface area contributed by atoms with E-state index >= 15 is 0 Å². The third kappa shape index (κ3) is 6.47. The van der Waals surface area contributed by atoms with Gasteiger partial charge in [0.15, 0.2) is 0 Å². The van der Waals surface area contributed by atoms with E-state index in [-0.39, 0.29) is 25.7 Å². The molecule has 26 heavy (non-hydrogen) atoms. The van der Waals surface area contributed by atoms with Crippen LogP contribution in [0.1, 0.15) is 22.8 Å². The number of benzene rings is 2. The number of aryl methyl sites for hydroxylation is 1. The topological polar surface area (TPSA) is 73.9 Å². The van der Waals surface area contributed by atoms with E-state index in [2.05, 4.69) is 5.32 Å². The van der Waals surface area contributed by atoms with Gasteiger partial charge in [0.05, 0.1) is 6.61 Å². The molecule has 0 aromatic heterocycles. The maximum Gasteiger partial charge on any atom is 0.325 e. The molecule has 138 valence electrons. The fourth-order valence-electron chi connectivity index (χ4n) is 2.21. The minimum atomic E-state index is -0.513. The van der Waals surface area contributed by atoms with Crippen molar-refractivity contribution in [1.82, 2.24) is 5.32 Å². The second-order valence-electron chi connectivity index (χ2n) is 5.53. The van der Waals surface area contributed by atoms with Gasteiger partial charge >= 0.3 is 5.97 Å². The van der Waals surface area contributed by atoms with Crippen LogP contribution < -0.4 is 14.8 Å². The fourth-order valence-corrected chi connectivity index (χ4v) is 2.21. The number of amides is 1. The van der Waals surface area contributed by atoms with E-state index in [0.29, 0.717) is 17.9 Å². The van der Waals surface area contributed by atoms with Gasteiger partial charge in [-0.05, 0) is 50.2 Å². The van der Waals surface area contributed by atoms with Crippen molar-refractivity contribution >= 4 is 11.9 Å². The monoisotopic (exact) mass is 357 g/mol. The molecule has 6 heteroatoms. The maximum absolute atomic E-state index is 11.9. The molecule has 0 fully saturated rings. The molecular weight excluding hydrogens is 334 g/mol. The van der Waals surface area contributed by atoms with Crippen LogP contribution in [0.3, 0.4) is 0 Å². The third-order valence-corrected chi connectivity index (χ3v) is 3.42. The Hall–Kier alpha value is -3.02. The molecule has 1 N–H and O–H groups in total. The predicted molar refractivity (Wildman–Crippen MR) is 97.6 cm³/mol. The van der Waals surface area contributed by atoms with Gasteiger partial charge < -0.3 is 19.5 Å². The SMILES string of the molecule is CCOc1ccc(OCCOC(=O)CNC(=O)c2cccc(C)c2)cc1. The number of hydrogen-bond acceptors (Lipinski definition) is 5. The van der Waals surface area contributed by atoms with Crippen LogP contribution in [0.15, 0.2) is 48.5 Å². The smallest absolute Gasteiger partial charge is 0.325 e. The summed E-state index contributed by atoms with van der Waals surface area (Å²) in [5.41, 5.74) is 1.49. The van der Waals surface area contributed by atoms with Crippen LogP contribution >= 0.6 is 0 Å². The lowest BCUT2D eigenvalue weighted by Gasteiger charge is -2.09. The molecule has 0 heterocycles. The van der Waals surface area contributed by atoms with Gasteiger partial charge in [0.1, 0.15) is 31.3 Å². The zero-order valence-electron chi connectivity index (χ0n) is 15.0. The highest BCUT2D eigenvalue weighted by atomic mass is 16.6. The Kier molecular flexibility index (Phi) is 7.49. The first-order valence-corrected chi connectivity index (χ1v) is 8.44. The standard InChI is InChI=1S/C20H23NO5/c1-3-24-17-7-9-18(10-8-17)25-11-12-26-19(22)14-21-20(23)16-6-4-5-15(2)13-16/h4-10,13H,3,11-12,14H2,1-2H3,(H,21,23). The van der Waals surface area contributed by atoms with Gasteiger partial charge in [0.25, 0.3) is 5.91 Å². The van der Waals surface area contributed by atoms with Gasteiger partial charge in [-0.3, -0.25) is 9.59 Å². The van der Waals surface area contributed by atoms with Crippen molar-refractivity contribution in [1.29, 1.82) is 0 Å². The fraction of sp³-hybridized carbons (Fsp3) is 0.300. The first kappa shape index (κ1) is 19.3. The molecule has 0 aliphatic carbocycles. The zero-order valence-corrected chi connectivity index (χ0v) is 15.0. The van der Waals surface area contributed by atoms with Gasteiger partial charge in [0.2, 0.25) is 0 Å². The molecule has 2 aromatic rings. The number of carbonyl (C=O) groups is 2. The summed E-state index contributed by atoms with van der Waals surface area (Å²) in [7, 11) is 0. The normalized spacial score (nSPS) is 10.1. The quantitative estimate of drug-likeness (QED) is 0.552. The number of rotatable bonds is 9. The number of esters is 1. The average Bonchev–Trinajstić information content (AvgIpc) is 2.65. The van der Waals surface area contributed by atoms with Crippen LogP contribution in [-0.2, 0) is 9.53 Å². The Bertz CT molecular complexity index is 727. The molecule has 0 saturated carbocycles. The molecule has 0 aliphatic rings. The molecule has 0 atom stereocenters. The summed E-state index contributed by atoms with van der Waals surface area (Å²) in [6.07, 6.45) is 0. The predicted octanol–water partition coefficient (Wildman–Crippen LogP) is 2.75. The molecule has 0 spiro atoms. The molecule has 0 saturated heterocycles. The van der Waals surface area contributed by atoms with E-state index in [0.717, 1.165) is 11.3 Å². The lowest BCUT2D eigenvalue weighted by molar-refractivity contribution is -0.143. The van der Waals surface area contributed by atoms with Gasteiger partial charge in [0, 0.05) is 5.56 Å². The number of hydrogen-bond donors (Lipinski definition) is 1. The zero-order chi connectivity index (χ0) is 18.8. The van der Waals surface area contributed by atoms with Gasteiger partial charge in [-0.15, -0.1) is 0 Å². The summed E-state index contributed by atoms with van der Waals surface area (Å²) in [6.45, 7) is 4.57. The van der Waals surface area contributed by atoms with Crippen LogP contribution in [0, 0.1) is 6.92 Å². The average molecular weight is 357 g/mol. The lowest BCUT2D eigenvalue weighted by Crippen LogP contribution is -2.31. The number of carbonyl (C=O) groups excluding carboxylic acids is 2. The second-order valence-corrected chi connectivity index (χ2v) is 5.53. The first-order chi connectivity index (χ1) is 12.6. The molecule has 0 unspecified atom stereocenters. The van der Waals surface area contributed by atoms with Crippen molar-refractivity contribution in [3.63, 3.8) is 0 Å². The Balaban J connectivity index is 1.63. The number of nitrogens with one attached hydrogen (secondary N) is 1. The number of ether oxygens (including phenoxy) is 3. The summed E-state index contributed by atoms with van der Waals surface area (Å²) >= 11 is 0. The maximum atomic E-state index is 11.9. The van der Waals surface area contributed by atoms with Crippen molar-refractivity contribution in [2.75, 3.05) is 26.4 Å². The molecule has 2 rings (SSSR count). The second kappa shape index (κ2) is 10.1. The summed E-state index contributed by atoms with van der Waals surface area (Å²) in [4.78, 5) is 23.6. The van der Waals surface area contributed by atoms with Gasteiger partial charge in [-0.1, -0.05) is 17.7 Å². The summed E-state index contributed by atoms with van der Waals surface area (Å²) in [5.74, 6) is 0.616. The summed E-state index contributed by atoms with van der Waals surface area (Å²) < 4.78 is 15.9. The first-order valence-electron chi connectivity index (χ1n) is 8.44. The molecule has 0 aliphatic heterocycles. The minimum absolute atomic E-state index is 0.104. The molecule has 0 bridgehead atoms. The van der Waals surface area contributed by atoms with E-state index in [4.69, 9.17) is 14.2 Å². The molecule has 0 radical (unpaired) electrons. The van der Waals surface area contributed by atoms with Crippen LogP contribution in [0.2, 0.25) is 0 Å². The highest BCUT2D eigenvalue weighted by Crippen LogP contribution is 2.17. The summed E-state index contributed by atoms with van der Waals surface area (Å²) in [5, 5.41) is 2.53. The largest absolute Gasteiger partial charge is 0.494 e. The van der Waals surface area contributed by atoms with E-state index in [1.165, 1.54) is 0 Å². The van der Waals surface area contributed by atoms with E-state index in [9.17, 15) is 9.59 Å². The van der Waals surface area contributed by atoms with Crippen LogP contribution in [0.5, 0.6) is 11.5 Å². The summed E-state index contributed by atoms with van der Waals surface area (Å²) in [6, 6.07) is 14.3. The molecular formula is C20H23NO5. The molecule has 1 amide bonds. The lowest BCUT2D eigenvalue weighted by atomic mass is 10.1. The highest BCUT2D eigenvalue weighted by Gasteiger charge is 2.09. The van der Waals surface area contributed by atoms with Crippen molar-refractivity contribution in [3.05, 3.63) is 59.7 Å². The van der Waals surface area contributed by atoms with E-state index < -0.39 is 5.97 Å². The minimum Gasteiger partial charge on any atom is -0.494 e. The molecule has 6 nitrogen and oxygen atoms in total. The van der Waals surface area contributed by atoms with Crippen molar-refractivity contribution in [3.8, 4) is 11.5 Å². The van der Waals surface area contributed by atoms with Crippen LogP contribution in [-0.4, -0.2) is 38.2 Å². The van der Waals surface area contributed by atoms with Crippen molar-refractivity contribution < 1.29 is 23.8 Å². The van der Waals surface area contributed by atoms with E-state index in [1.807, 2.05) is 32.0 Å². The third-order valence-electron chi connectivity index (χ3n) is 3.42. The Morgan fingerprint density at radius 3 is 2.31 bits per heavy atom. The van der Waals surface area contributed by atoms with E-state index in [1.54, 1.807) is 30.3 Å². The van der Waals surface area contributed by atoms with Gasteiger partial charge in [-0.2, -0.15) is 0 Å². The Morgan fingerprint density at radius 1 is 0.962 bits per heavy atom. The van der Waals surface area contributed by atoms with Crippen molar-refractivity contribution in [2.24, 2.45) is 0 Å². The Morgan fingerprint density at radius 2 is 1.65 bits per heavy atom. The van der Waals surface area contributed by atoms with Crippen LogP contribution in [0.25, 0.3) is 0 Å². The van der Waals surface area contributed by atoms with Gasteiger partial charge in [-0.25, -0.2) is 0 Å². The molecule has 2 aromatic carbocycles.